The minimum atomic E-state index is -1.02. The van der Waals surface area contributed by atoms with Crippen LogP contribution in [0.1, 0.15) is 0 Å². The molecule has 0 amide bonds. The normalized spacial score (nSPS) is 12.6. The number of halogens is 1. The molecule has 1 unspecified atom stereocenters. The third-order valence-electron chi connectivity index (χ3n) is 1.38. The molecule has 0 spiro atoms. The molecular weight excluding hydrogens is 178 g/mol. The van der Waals surface area contributed by atoms with E-state index in [2.05, 4.69) is 10.1 Å². The highest BCUT2D eigenvalue weighted by atomic mass is 35.5. The number of nitrogens with one attached hydrogen (secondary N) is 1. The zero-order valence-electron chi connectivity index (χ0n) is 6.62. The number of rotatable bonds is 3. The van der Waals surface area contributed by atoms with Gasteiger partial charge < -0.3 is 15.2 Å². The van der Waals surface area contributed by atoms with E-state index in [-0.39, 0.29) is 0 Å². The molecule has 0 radical (unpaired) electrons. The number of benzene rings is 1. The van der Waals surface area contributed by atoms with E-state index in [1.54, 1.807) is 12.1 Å². The number of para-hydroxylation sites is 1. The highest BCUT2D eigenvalue weighted by Gasteiger charge is 2.02. The molecule has 12 heavy (non-hydrogen) atoms. The van der Waals surface area contributed by atoms with Crippen LogP contribution in [0.25, 0.3) is 0 Å². The summed E-state index contributed by atoms with van der Waals surface area (Å²) in [7, 11) is 1.40. The summed E-state index contributed by atoms with van der Waals surface area (Å²) in [6, 6.07) is 7.11. The Kier molecular flexibility index (Phi) is 3.34. The number of anilines is 1. The van der Waals surface area contributed by atoms with Crippen molar-refractivity contribution in [1.82, 2.24) is 0 Å². The fourth-order valence-electron chi connectivity index (χ4n) is 0.770. The molecule has 0 aromatic heterocycles. The highest BCUT2D eigenvalue weighted by Crippen LogP contribution is 2.20. The monoisotopic (exact) mass is 187 g/mol. The van der Waals surface area contributed by atoms with Crippen LogP contribution in [0.15, 0.2) is 24.3 Å². The van der Waals surface area contributed by atoms with Crippen molar-refractivity contribution in [3.05, 3.63) is 29.3 Å². The third-order valence-corrected chi connectivity index (χ3v) is 1.71. The van der Waals surface area contributed by atoms with Crippen LogP contribution in [0.3, 0.4) is 0 Å². The number of aliphatic hydroxyl groups excluding tert-OH is 1. The fraction of sp³-hybridized carbons (Fsp3) is 0.250. The van der Waals surface area contributed by atoms with Crippen LogP contribution in [0.2, 0.25) is 5.02 Å². The first-order valence-corrected chi connectivity index (χ1v) is 3.84. The number of hydrogen-bond donors (Lipinski definition) is 2. The maximum absolute atomic E-state index is 9.04. The first kappa shape index (κ1) is 9.32. The first-order valence-electron chi connectivity index (χ1n) is 3.46. The summed E-state index contributed by atoms with van der Waals surface area (Å²) in [5, 5.41) is 12.3. The Morgan fingerprint density at radius 2 is 2.17 bits per heavy atom. The van der Waals surface area contributed by atoms with Crippen LogP contribution >= 0.6 is 11.6 Å². The van der Waals surface area contributed by atoms with Crippen molar-refractivity contribution in [2.24, 2.45) is 0 Å². The third kappa shape index (κ3) is 2.37. The molecule has 0 saturated carbocycles. The van der Waals surface area contributed by atoms with Gasteiger partial charge in [0, 0.05) is 7.11 Å². The van der Waals surface area contributed by atoms with Gasteiger partial charge in [0.05, 0.1) is 10.7 Å². The Labute approximate surface area is 75.9 Å². The molecule has 0 fully saturated rings. The Morgan fingerprint density at radius 3 is 2.75 bits per heavy atom. The predicted octanol–water partition coefficient (Wildman–Crippen LogP) is 1.67. The van der Waals surface area contributed by atoms with Gasteiger partial charge in [-0.05, 0) is 12.1 Å². The summed E-state index contributed by atoms with van der Waals surface area (Å²) < 4.78 is 4.59. The van der Waals surface area contributed by atoms with Gasteiger partial charge in [-0.1, -0.05) is 23.7 Å². The van der Waals surface area contributed by atoms with E-state index < -0.39 is 6.41 Å². The maximum atomic E-state index is 9.04. The van der Waals surface area contributed by atoms with Crippen LogP contribution in [-0.2, 0) is 4.74 Å². The summed E-state index contributed by atoms with van der Waals surface area (Å²) in [4.78, 5) is 0. The van der Waals surface area contributed by atoms with Gasteiger partial charge in [-0.2, -0.15) is 0 Å². The largest absolute Gasteiger partial charge is 0.351 e. The van der Waals surface area contributed by atoms with Gasteiger partial charge in [-0.15, -0.1) is 0 Å². The van der Waals surface area contributed by atoms with E-state index in [1.165, 1.54) is 7.11 Å². The molecule has 4 heteroatoms. The number of methoxy groups -OCH3 is 1. The summed E-state index contributed by atoms with van der Waals surface area (Å²) >= 11 is 5.80. The SMILES string of the molecule is COC(O)Nc1ccccc1Cl. The Morgan fingerprint density at radius 1 is 1.50 bits per heavy atom. The van der Waals surface area contributed by atoms with E-state index in [4.69, 9.17) is 16.7 Å². The summed E-state index contributed by atoms with van der Waals surface area (Å²) in [6.07, 6.45) is -1.02. The molecule has 66 valence electrons. The van der Waals surface area contributed by atoms with Crippen molar-refractivity contribution in [2.75, 3.05) is 12.4 Å². The molecule has 1 rings (SSSR count). The smallest absolute Gasteiger partial charge is 0.235 e. The summed E-state index contributed by atoms with van der Waals surface area (Å²) in [5.41, 5.74) is 0.647. The molecule has 0 aliphatic carbocycles. The second kappa shape index (κ2) is 4.30. The molecule has 2 N–H and O–H groups in total. The standard InChI is InChI=1S/C8H10ClNO2/c1-12-8(11)10-7-5-3-2-4-6(7)9/h2-5,8,10-11H,1H3. The van der Waals surface area contributed by atoms with Crippen molar-refractivity contribution in [1.29, 1.82) is 0 Å². The molecule has 1 atom stereocenters. The van der Waals surface area contributed by atoms with Gasteiger partial charge >= 0.3 is 0 Å². The average Bonchev–Trinajstić information content (AvgIpc) is 2.09. The van der Waals surface area contributed by atoms with E-state index in [0.717, 1.165) is 0 Å². The molecule has 0 aliphatic heterocycles. The van der Waals surface area contributed by atoms with Crippen molar-refractivity contribution >= 4 is 17.3 Å². The van der Waals surface area contributed by atoms with Gasteiger partial charge in [0.15, 0.2) is 0 Å². The van der Waals surface area contributed by atoms with E-state index in [0.29, 0.717) is 10.7 Å². The van der Waals surface area contributed by atoms with Crippen LogP contribution in [0, 0.1) is 0 Å². The van der Waals surface area contributed by atoms with Crippen LogP contribution in [0.4, 0.5) is 5.69 Å². The van der Waals surface area contributed by atoms with Gasteiger partial charge in [-0.25, -0.2) is 0 Å². The highest BCUT2D eigenvalue weighted by molar-refractivity contribution is 6.33. The maximum Gasteiger partial charge on any atom is 0.235 e. The predicted molar refractivity (Wildman–Crippen MR) is 48.1 cm³/mol. The van der Waals surface area contributed by atoms with Crippen molar-refractivity contribution in [2.45, 2.75) is 6.41 Å². The van der Waals surface area contributed by atoms with Gasteiger partial charge in [0.1, 0.15) is 0 Å². The first-order chi connectivity index (χ1) is 5.74. The minimum Gasteiger partial charge on any atom is -0.351 e. The number of hydrogen-bond acceptors (Lipinski definition) is 3. The lowest BCUT2D eigenvalue weighted by Crippen LogP contribution is -2.20. The molecule has 1 aromatic carbocycles. The molecule has 0 saturated heterocycles. The summed E-state index contributed by atoms with van der Waals surface area (Å²) in [6.45, 7) is 0. The zero-order chi connectivity index (χ0) is 8.97. The van der Waals surface area contributed by atoms with Crippen LogP contribution in [-0.4, -0.2) is 18.6 Å². The second-order valence-corrected chi connectivity index (χ2v) is 2.62. The zero-order valence-corrected chi connectivity index (χ0v) is 7.38. The lowest BCUT2D eigenvalue weighted by Gasteiger charge is -2.12. The Bertz CT molecular complexity index is 255. The molecule has 1 aromatic rings. The lowest BCUT2D eigenvalue weighted by molar-refractivity contribution is -0.0509. The molecular formula is C8H10ClNO2. The fourth-order valence-corrected chi connectivity index (χ4v) is 0.961. The van der Waals surface area contributed by atoms with Crippen molar-refractivity contribution < 1.29 is 9.84 Å². The molecule has 3 nitrogen and oxygen atoms in total. The number of ether oxygens (including phenoxy) is 1. The quantitative estimate of drug-likeness (QED) is 0.708. The van der Waals surface area contributed by atoms with Crippen molar-refractivity contribution in [3.63, 3.8) is 0 Å². The van der Waals surface area contributed by atoms with Gasteiger partial charge in [0.2, 0.25) is 6.41 Å². The van der Waals surface area contributed by atoms with Crippen LogP contribution in [0.5, 0.6) is 0 Å². The topological polar surface area (TPSA) is 41.5 Å². The Hall–Kier alpha value is -0.770. The summed E-state index contributed by atoms with van der Waals surface area (Å²) in [5.74, 6) is 0. The van der Waals surface area contributed by atoms with E-state index in [9.17, 15) is 0 Å². The van der Waals surface area contributed by atoms with Crippen molar-refractivity contribution in [3.8, 4) is 0 Å². The number of aliphatic hydroxyl groups is 1. The van der Waals surface area contributed by atoms with E-state index in [1.807, 2.05) is 12.1 Å². The van der Waals surface area contributed by atoms with Gasteiger partial charge in [0.25, 0.3) is 0 Å². The van der Waals surface area contributed by atoms with E-state index >= 15 is 0 Å². The lowest BCUT2D eigenvalue weighted by atomic mass is 10.3. The minimum absolute atomic E-state index is 0.550. The Balaban J connectivity index is 2.69. The average molecular weight is 188 g/mol. The van der Waals surface area contributed by atoms with Crippen LogP contribution < -0.4 is 5.32 Å². The molecule has 0 aliphatic rings. The second-order valence-electron chi connectivity index (χ2n) is 2.21. The molecule has 0 heterocycles. The molecule has 0 bridgehead atoms. The van der Waals surface area contributed by atoms with Gasteiger partial charge in [-0.3, -0.25) is 0 Å².